The average Bonchev–Trinajstić information content (AvgIpc) is 4.30. The van der Waals surface area contributed by atoms with E-state index in [1.54, 1.807) is 19.3 Å². The normalized spacial score (nSPS) is 31.4. The van der Waals surface area contributed by atoms with Gasteiger partial charge in [0, 0.05) is 0 Å². The molecule has 75 heavy (non-hydrogen) atoms. The minimum Gasteiger partial charge on any atom is -0.0654 e. The quantitative estimate of drug-likeness (QED) is 0.171. The lowest BCUT2D eigenvalue weighted by Gasteiger charge is -2.33. The highest BCUT2D eigenvalue weighted by Crippen LogP contribution is 2.70. The number of hydrogen-bond acceptors (Lipinski definition) is 0. The fourth-order valence-corrected chi connectivity index (χ4v) is 11.1. The smallest absolute Gasteiger partial charge is 0.0268 e. The van der Waals surface area contributed by atoms with Crippen LogP contribution in [0.1, 0.15) is 379 Å². The second kappa shape index (κ2) is 43.7. The van der Waals surface area contributed by atoms with Crippen molar-refractivity contribution in [2.24, 2.45) is 105 Å². The topological polar surface area (TPSA) is 0 Å². The van der Waals surface area contributed by atoms with Crippen LogP contribution in [0.2, 0.25) is 0 Å². The van der Waals surface area contributed by atoms with Crippen molar-refractivity contribution < 1.29 is 0 Å². The van der Waals surface area contributed by atoms with E-state index < -0.39 is 0 Å². The molecule has 10 saturated carbocycles. The van der Waals surface area contributed by atoms with Crippen molar-refractivity contribution >= 4 is 0 Å². The second-order valence-electron chi connectivity index (χ2n) is 30.7. The van der Waals surface area contributed by atoms with E-state index in [9.17, 15) is 0 Å². The third-order valence-corrected chi connectivity index (χ3v) is 21.3. The molecule has 0 aromatic rings. The predicted octanol–water partition coefficient (Wildman–Crippen LogP) is 27.2. The number of hydrogen-bond donors (Lipinski definition) is 0. The molecule has 10 rings (SSSR count). The molecule has 0 aromatic heterocycles. The Morgan fingerprint density at radius 3 is 0.893 bits per heavy atom. The van der Waals surface area contributed by atoms with Gasteiger partial charge in [0.25, 0.3) is 0 Å². The minimum atomic E-state index is 0.708. The summed E-state index contributed by atoms with van der Waals surface area (Å²) in [5.74, 6) is 15.5. The molecule has 1 spiro atoms. The fraction of sp³-hybridized carbons (Fsp3) is 1.00. The first kappa shape index (κ1) is 77.1. The SMILES string of the molecule is CC1(C)CCC1.CC1C(C)C1C.CC1CC(C)C1.CC1CC1(C)C.CC1CCCC1.CC1CC[C@H]1C.CCC1CC1C.CCC1CCC1.CCCCC(C)C.CCCCCCC.CCC[C@H](C)CC.C[C@H]1CC12CC2. The summed E-state index contributed by atoms with van der Waals surface area (Å²) in [6.07, 6.45) is 46.4. The highest BCUT2D eigenvalue weighted by Gasteiger charge is 2.59. The maximum atomic E-state index is 2.37. The Hall–Kier alpha value is 0. The molecule has 0 N–H and O–H groups in total. The highest BCUT2D eigenvalue weighted by molar-refractivity contribution is 5.10. The molecule has 0 radical (unpaired) electrons. The van der Waals surface area contributed by atoms with Crippen LogP contribution < -0.4 is 0 Å². The standard InChI is InChI=1S/3C7H16.C6H10.8C6H12/c1-4-5-6-7(2)3;1-4-6-7(3)5-2;1-3-5-7-6-4-2;1-5-4-6(5)2-3-6;1-5-4-6(5,2)3;1-5-3-6(2)4-5;1-6(2)4-3-5-6;1-5-3-4-6(5)2;1-4-5(2)6(4)3;1-6-4-2-3-5-6;1-3-6-4-5(6)2;1-2-6-4-3-5-6/h2*7H,4-6H2,1-3H3;3-7H2,1-2H3;5H,2-4H2,1H3;5H,4H2,1-3H3;5-6H,3-4H2,1-2H3;3-5H2,1-2H3;5-6H,3-4H2,1-2H3;4-6H,1-3H3;6H,2-5H2,1H3;5-6H,3-4H2,1-2H3;6H,2-5H2,1H3/t;7-;;5-;;;;5-,6?;;;;/m.1.0...1..../s1. The molecule has 0 heterocycles. The van der Waals surface area contributed by atoms with Crippen LogP contribution in [-0.4, -0.2) is 0 Å². The molecule has 7 atom stereocenters. The zero-order chi connectivity index (χ0) is 57.8. The lowest BCUT2D eigenvalue weighted by atomic mass is 9.72. The van der Waals surface area contributed by atoms with Gasteiger partial charge in [-0.1, -0.05) is 321 Å². The minimum absolute atomic E-state index is 0.708. The molecular formula is C75H154. The van der Waals surface area contributed by atoms with E-state index in [1.807, 2.05) is 0 Å². The van der Waals surface area contributed by atoms with Crippen molar-refractivity contribution in [3.8, 4) is 0 Å². The van der Waals surface area contributed by atoms with Gasteiger partial charge < -0.3 is 0 Å². The maximum Gasteiger partial charge on any atom is -0.0268 e. The maximum absolute atomic E-state index is 2.37. The molecule has 10 aliphatic carbocycles. The summed E-state index contributed by atoms with van der Waals surface area (Å²) in [7, 11) is 0. The summed E-state index contributed by atoms with van der Waals surface area (Å²) in [5.41, 5.74) is 2.39. The Morgan fingerprint density at radius 2 is 0.827 bits per heavy atom. The summed E-state index contributed by atoms with van der Waals surface area (Å²) >= 11 is 0. The van der Waals surface area contributed by atoms with E-state index in [1.165, 1.54) is 186 Å². The lowest BCUT2D eigenvalue weighted by molar-refractivity contribution is 0.190. The molecule has 4 unspecified atom stereocenters. The van der Waals surface area contributed by atoms with Crippen molar-refractivity contribution in [2.75, 3.05) is 0 Å². The Balaban J connectivity index is 0. The number of unbranched alkanes of at least 4 members (excludes halogenated alkanes) is 5. The molecule has 0 aliphatic heterocycles. The summed E-state index contributed by atoms with van der Waals surface area (Å²) < 4.78 is 0. The number of rotatable bonds is 12. The van der Waals surface area contributed by atoms with Gasteiger partial charge in [0.05, 0.1) is 0 Å². The van der Waals surface area contributed by atoms with Crippen molar-refractivity contribution in [3.05, 3.63) is 0 Å². The van der Waals surface area contributed by atoms with E-state index in [-0.39, 0.29) is 0 Å². The molecule has 0 heteroatoms. The van der Waals surface area contributed by atoms with Crippen LogP contribution in [0.3, 0.4) is 0 Å². The predicted molar refractivity (Wildman–Crippen MR) is 349 cm³/mol. The molecule has 10 aliphatic rings. The van der Waals surface area contributed by atoms with Gasteiger partial charge in [-0.25, -0.2) is 0 Å². The zero-order valence-electron chi connectivity index (χ0n) is 57.8. The molecular weight excluding hydrogens is 901 g/mol. The van der Waals surface area contributed by atoms with Gasteiger partial charge in [-0.3, -0.25) is 0 Å². The van der Waals surface area contributed by atoms with E-state index in [0.29, 0.717) is 5.41 Å². The fourth-order valence-electron chi connectivity index (χ4n) is 11.1. The Labute approximate surface area is 481 Å². The summed E-state index contributed by atoms with van der Waals surface area (Å²) in [6, 6.07) is 0. The first-order valence-electron chi connectivity index (χ1n) is 35.2. The molecule has 10 fully saturated rings. The largest absolute Gasteiger partial charge is 0.0654 e. The van der Waals surface area contributed by atoms with Crippen molar-refractivity contribution in [2.45, 2.75) is 379 Å². The van der Waals surface area contributed by atoms with E-state index in [2.05, 4.69) is 173 Å². The summed E-state index contributed by atoms with van der Waals surface area (Å²) in [4.78, 5) is 0. The van der Waals surface area contributed by atoms with E-state index >= 15 is 0 Å². The molecule has 0 nitrogen and oxygen atoms in total. The second-order valence-corrected chi connectivity index (χ2v) is 30.7. The lowest BCUT2D eigenvalue weighted by Crippen LogP contribution is -2.20. The van der Waals surface area contributed by atoms with Crippen LogP contribution in [0, 0.1) is 105 Å². The van der Waals surface area contributed by atoms with E-state index in [4.69, 9.17) is 0 Å². The van der Waals surface area contributed by atoms with Crippen molar-refractivity contribution in [1.82, 2.24) is 0 Å². The first-order chi connectivity index (χ1) is 35.2. The van der Waals surface area contributed by atoms with Gasteiger partial charge in [-0.15, -0.1) is 0 Å². The Kier molecular flexibility index (Phi) is 44.9. The monoisotopic (exact) mass is 1060 g/mol. The van der Waals surface area contributed by atoms with Crippen molar-refractivity contribution in [3.63, 3.8) is 0 Å². The molecule has 454 valence electrons. The van der Waals surface area contributed by atoms with Crippen LogP contribution in [0.5, 0.6) is 0 Å². The molecule has 0 saturated heterocycles. The van der Waals surface area contributed by atoms with Gasteiger partial charge in [0.15, 0.2) is 0 Å². The van der Waals surface area contributed by atoms with Crippen LogP contribution in [0.15, 0.2) is 0 Å². The van der Waals surface area contributed by atoms with Crippen molar-refractivity contribution in [1.29, 1.82) is 0 Å². The van der Waals surface area contributed by atoms with Gasteiger partial charge in [0.1, 0.15) is 0 Å². The van der Waals surface area contributed by atoms with Crippen LogP contribution in [0.25, 0.3) is 0 Å². The first-order valence-corrected chi connectivity index (χ1v) is 35.2. The van der Waals surface area contributed by atoms with Crippen LogP contribution in [0.4, 0.5) is 0 Å². The van der Waals surface area contributed by atoms with Crippen LogP contribution in [-0.2, 0) is 0 Å². The Bertz CT molecular complexity index is 1130. The summed E-state index contributed by atoms with van der Waals surface area (Å²) in [6.45, 7) is 57.5. The zero-order valence-corrected chi connectivity index (χ0v) is 57.8. The average molecular weight is 1060 g/mol. The van der Waals surface area contributed by atoms with E-state index in [0.717, 1.165) is 99.6 Å². The third-order valence-electron chi connectivity index (χ3n) is 21.3. The highest BCUT2D eigenvalue weighted by atomic mass is 14.6. The van der Waals surface area contributed by atoms with Gasteiger partial charge in [-0.05, 0) is 163 Å². The molecule has 0 aromatic carbocycles. The van der Waals surface area contributed by atoms with Gasteiger partial charge in [-0.2, -0.15) is 0 Å². The van der Waals surface area contributed by atoms with Gasteiger partial charge >= 0.3 is 0 Å². The third kappa shape index (κ3) is 43.4. The van der Waals surface area contributed by atoms with Crippen LogP contribution >= 0.6 is 0 Å². The molecule has 0 bridgehead atoms. The Morgan fingerprint density at radius 1 is 0.413 bits per heavy atom. The summed E-state index contributed by atoms with van der Waals surface area (Å²) in [5, 5.41) is 0. The molecule has 0 amide bonds. The van der Waals surface area contributed by atoms with Gasteiger partial charge in [0.2, 0.25) is 0 Å².